The van der Waals surface area contributed by atoms with Crippen LogP contribution in [0.1, 0.15) is 20.8 Å². The Morgan fingerprint density at radius 3 is 2.33 bits per heavy atom. The Morgan fingerprint density at radius 2 is 2.00 bits per heavy atom. The largest absolute Gasteiger partial charge is 0.443 e. The molecule has 4 heteroatoms. The highest BCUT2D eigenvalue weighted by molar-refractivity contribution is 5.71. The van der Waals surface area contributed by atoms with Gasteiger partial charge >= 0.3 is 6.09 Å². The molecule has 0 spiro atoms. The maximum atomic E-state index is 11.0. The van der Waals surface area contributed by atoms with Crippen molar-refractivity contribution < 1.29 is 14.3 Å². The molecule has 0 radical (unpaired) electrons. The second kappa shape index (κ2) is 3.93. The van der Waals surface area contributed by atoms with Crippen molar-refractivity contribution >= 4 is 12.0 Å². The molecular formula is C8H13NO3. The van der Waals surface area contributed by atoms with Crippen molar-refractivity contribution in [3.8, 4) is 0 Å². The maximum absolute atomic E-state index is 11.0. The van der Waals surface area contributed by atoms with Gasteiger partial charge in [0, 0.05) is 7.05 Å². The Balaban J connectivity index is 4.14. The predicted molar refractivity (Wildman–Crippen MR) is 44.3 cm³/mol. The van der Waals surface area contributed by atoms with Gasteiger partial charge in [0.25, 0.3) is 0 Å². The van der Waals surface area contributed by atoms with Crippen molar-refractivity contribution in [3.63, 3.8) is 0 Å². The number of hydrogen-bond acceptors (Lipinski definition) is 3. The lowest BCUT2D eigenvalue weighted by Crippen LogP contribution is -2.31. The molecule has 0 unspecified atom stereocenters. The van der Waals surface area contributed by atoms with Crippen molar-refractivity contribution in [2.24, 2.45) is 0 Å². The van der Waals surface area contributed by atoms with E-state index in [0.29, 0.717) is 0 Å². The maximum Gasteiger partial charge on any atom is 0.414 e. The molecule has 4 nitrogen and oxygen atoms in total. The number of amides is 1. The van der Waals surface area contributed by atoms with Crippen LogP contribution in [0.4, 0.5) is 4.79 Å². The van der Waals surface area contributed by atoms with Crippen LogP contribution in [0, 0.1) is 0 Å². The van der Waals surface area contributed by atoms with Gasteiger partial charge in [-0.2, -0.15) is 0 Å². The van der Waals surface area contributed by atoms with Gasteiger partial charge < -0.3 is 4.74 Å². The highest BCUT2D eigenvalue weighted by Crippen LogP contribution is 2.08. The summed E-state index contributed by atoms with van der Waals surface area (Å²) in [5.74, 6) is 1.48. The monoisotopic (exact) mass is 171 g/mol. The Labute approximate surface area is 71.8 Å². The van der Waals surface area contributed by atoms with Crippen LogP contribution in [-0.4, -0.2) is 29.6 Å². The van der Waals surface area contributed by atoms with Gasteiger partial charge in [-0.25, -0.2) is 9.59 Å². The van der Waals surface area contributed by atoms with Crippen LogP contribution in [0.15, 0.2) is 6.20 Å². The molecule has 12 heavy (non-hydrogen) atoms. The number of hydrogen-bond donors (Lipinski definition) is 0. The minimum atomic E-state index is -0.564. The molecule has 0 atom stereocenters. The molecule has 0 saturated heterocycles. The van der Waals surface area contributed by atoms with Gasteiger partial charge in [-0.1, -0.05) is 0 Å². The Kier molecular flexibility index (Phi) is 3.51. The summed E-state index contributed by atoms with van der Waals surface area (Å²) in [5, 5.41) is 0. The lowest BCUT2D eigenvalue weighted by Gasteiger charge is -2.21. The lowest BCUT2D eigenvalue weighted by molar-refractivity contribution is 0.0373. The number of carbonyl (C=O) groups is 1. The molecule has 1 amide bonds. The van der Waals surface area contributed by atoms with E-state index in [4.69, 9.17) is 4.74 Å². The fourth-order valence-electron chi connectivity index (χ4n) is 0.466. The van der Waals surface area contributed by atoms with E-state index in [1.54, 1.807) is 20.8 Å². The Bertz CT molecular complexity index is 211. The van der Waals surface area contributed by atoms with Crippen LogP contribution < -0.4 is 0 Å². The lowest BCUT2D eigenvalue weighted by atomic mass is 10.2. The minimum Gasteiger partial charge on any atom is -0.443 e. The van der Waals surface area contributed by atoms with E-state index in [1.165, 1.54) is 13.0 Å². The summed E-state index contributed by atoms with van der Waals surface area (Å²) >= 11 is 0. The summed E-state index contributed by atoms with van der Waals surface area (Å²) in [6.07, 6.45) is 0.416. The van der Waals surface area contributed by atoms with Gasteiger partial charge in [0.2, 0.25) is 0 Å². The molecule has 0 aliphatic carbocycles. The van der Waals surface area contributed by atoms with Crippen LogP contribution in [-0.2, 0) is 9.53 Å². The van der Waals surface area contributed by atoms with Gasteiger partial charge in [-0.15, -0.1) is 0 Å². The van der Waals surface area contributed by atoms with E-state index in [1.807, 2.05) is 0 Å². The van der Waals surface area contributed by atoms with Crippen molar-refractivity contribution in [2.45, 2.75) is 26.4 Å². The zero-order chi connectivity index (χ0) is 9.78. The van der Waals surface area contributed by atoms with Gasteiger partial charge in [-0.05, 0) is 20.8 Å². The SMILES string of the molecule is CN(C=C=O)C(=O)OC(C)(C)C. The normalized spacial score (nSPS) is 10.0. The van der Waals surface area contributed by atoms with Crippen LogP contribution >= 0.6 is 0 Å². The second-order valence-electron chi connectivity index (χ2n) is 3.34. The van der Waals surface area contributed by atoms with Gasteiger partial charge in [0.15, 0.2) is 0 Å². The summed E-state index contributed by atoms with van der Waals surface area (Å²) in [5.41, 5.74) is -0.540. The first-order valence-corrected chi connectivity index (χ1v) is 3.53. The van der Waals surface area contributed by atoms with Crippen molar-refractivity contribution in [1.82, 2.24) is 4.90 Å². The second-order valence-corrected chi connectivity index (χ2v) is 3.34. The summed E-state index contributed by atoms with van der Waals surface area (Å²) in [6, 6.07) is 0. The molecule has 0 aliphatic rings. The highest BCUT2D eigenvalue weighted by Gasteiger charge is 2.18. The fraction of sp³-hybridized carbons (Fsp3) is 0.625. The summed E-state index contributed by atoms with van der Waals surface area (Å²) in [4.78, 5) is 21.9. The van der Waals surface area contributed by atoms with E-state index in [9.17, 15) is 9.59 Å². The van der Waals surface area contributed by atoms with Crippen LogP contribution in [0.25, 0.3) is 0 Å². The topological polar surface area (TPSA) is 46.6 Å². The summed E-state index contributed by atoms with van der Waals surface area (Å²) in [7, 11) is 1.43. The van der Waals surface area contributed by atoms with Gasteiger partial charge in [0.1, 0.15) is 11.5 Å². The molecule has 0 N–H and O–H groups in total. The number of nitrogens with zero attached hydrogens (tertiary/aromatic N) is 1. The van der Waals surface area contributed by atoms with Gasteiger partial charge in [-0.3, -0.25) is 4.90 Å². The van der Waals surface area contributed by atoms with Crippen molar-refractivity contribution in [2.75, 3.05) is 7.05 Å². The van der Waals surface area contributed by atoms with E-state index in [-0.39, 0.29) is 0 Å². The highest BCUT2D eigenvalue weighted by atomic mass is 16.6. The van der Waals surface area contributed by atoms with Crippen LogP contribution in [0.2, 0.25) is 0 Å². The Hall–Kier alpha value is -1.28. The molecule has 0 aromatic carbocycles. The first-order chi connectivity index (χ1) is 5.37. The zero-order valence-corrected chi connectivity index (χ0v) is 7.75. The number of carbonyl (C=O) groups excluding carboxylic acids is 2. The van der Waals surface area contributed by atoms with Crippen molar-refractivity contribution in [1.29, 1.82) is 0 Å². The first-order valence-electron chi connectivity index (χ1n) is 3.53. The average molecular weight is 171 g/mol. The molecule has 0 fully saturated rings. The predicted octanol–water partition coefficient (Wildman–Crippen LogP) is 1.20. The van der Waals surface area contributed by atoms with E-state index >= 15 is 0 Å². The van der Waals surface area contributed by atoms with Gasteiger partial charge in [0.05, 0.1) is 6.20 Å². The molecule has 68 valence electrons. The third-order valence-electron chi connectivity index (χ3n) is 0.928. The number of rotatable bonds is 1. The Morgan fingerprint density at radius 1 is 1.50 bits per heavy atom. The van der Waals surface area contributed by atoms with E-state index < -0.39 is 11.7 Å². The average Bonchev–Trinajstić information content (AvgIpc) is 1.84. The summed E-state index contributed by atoms with van der Waals surface area (Å²) < 4.78 is 4.93. The third kappa shape index (κ3) is 4.52. The molecular weight excluding hydrogens is 158 g/mol. The molecule has 0 aliphatic heterocycles. The molecule has 0 aromatic heterocycles. The van der Waals surface area contributed by atoms with Crippen LogP contribution in [0.3, 0.4) is 0 Å². The fourth-order valence-corrected chi connectivity index (χ4v) is 0.466. The van der Waals surface area contributed by atoms with E-state index in [0.717, 1.165) is 11.1 Å². The molecule has 0 aromatic rings. The van der Waals surface area contributed by atoms with Crippen LogP contribution in [0.5, 0.6) is 0 Å². The molecule has 0 saturated carbocycles. The summed E-state index contributed by atoms with van der Waals surface area (Å²) in [6.45, 7) is 5.26. The van der Waals surface area contributed by atoms with Crippen molar-refractivity contribution in [3.05, 3.63) is 6.20 Å². The minimum absolute atomic E-state index is 0.540. The zero-order valence-electron chi connectivity index (χ0n) is 7.75. The first kappa shape index (κ1) is 10.7. The molecule has 0 heterocycles. The number of ether oxygens (including phenoxy) is 1. The smallest absolute Gasteiger partial charge is 0.414 e. The molecule has 0 rings (SSSR count). The van der Waals surface area contributed by atoms with E-state index in [2.05, 4.69) is 0 Å². The third-order valence-corrected chi connectivity index (χ3v) is 0.928. The standard InChI is InChI=1S/C8H13NO3/c1-8(2,3)12-7(11)9(4)5-6-10/h5H,1-4H3. The molecule has 0 bridgehead atoms. The quantitative estimate of drug-likeness (QED) is 0.557.